The van der Waals surface area contributed by atoms with E-state index in [1.54, 1.807) is 6.08 Å². The molecule has 0 radical (unpaired) electrons. The van der Waals surface area contributed by atoms with Crippen LogP contribution in [0.25, 0.3) is 6.08 Å². The summed E-state index contributed by atoms with van der Waals surface area (Å²) in [5.41, 5.74) is 1.00. The van der Waals surface area contributed by atoms with Gasteiger partial charge in [0.2, 0.25) is 5.91 Å². The number of rotatable bonds is 6. The zero-order valence-corrected chi connectivity index (χ0v) is 11.2. The van der Waals surface area contributed by atoms with Crippen LogP contribution in [-0.4, -0.2) is 19.1 Å². The molecular weight excluding hydrogens is 250 g/mol. The van der Waals surface area contributed by atoms with Gasteiger partial charge in [0.05, 0.1) is 6.54 Å². The van der Waals surface area contributed by atoms with Crippen LogP contribution in [-0.2, 0) is 4.79 Å². The molecule has 0 fully saturated rings. The molecule has 3 heteroatoms. The number of hydrogen-bond donors (Lipinski definition) is 1. The van der Waals surface area contributed by atoms with Crippen molar-refractivity contribution in [1.82, 2.24) is 5.32 Å². The van der Waals surface area contributed by atoms with Gasteiger partial charge in [-0.1, -0.05) is 48.5 Å². The van der Waals surface area contributed by atoms with E-state index in [9.17, 15) is 4.79 Å². The molecule has 0 aliphatic heterocycles. The van der Waals surface area contributed by atoms with Crippen molar-refractivity contribution in [2.75, 3.05) is 13.2 Å². The summed E-state index contributed by atoms with van der Waals surface area (Å²) in [7, 11) is 0. The van der Waals surface area contributed by atoms with Crippen LogP contribution < -0.4 is 10.1 Å². The molecule has 0 atom stereocenters. The van der Waals surface area contributed by atoms with Crippen LogP contribution in [0.4, 0.5) is 0 Å². The van der Waals surface area contributed by atoms with Crippen LogP contribution in [0.3, 0.4) is 0 Å². The lowest BCUT2D eigenvalue weighted by molar-refractivity contribution is -0.116. The van der Waals surface area contributed by atoms with E-state index >= 15 is 0 Å². The van der Waals surface area contributed by atoms with Crippen molar-refractivity contribution in [3.05, 3.63) is 72.3 Å². The number of benzene rings is 2. The Morgan fingerprint density at radius 2 is 1.65 bits per heavy atom. The van der Waals surface area contributed by atoms with Gasteiger partial charge in [0.15, 0.2) is 0 Å². The van der Waals surface area contributed by atoms with Crippen molar-refractivity contribution in [2.24, 2.45) is 0 Å². The largest absolute Gasteiger partial charge is 0.492 e. The Kier molecular flexibility index (Phi) is 5.40. The first-order valence-corrected chi connectivity index (χ1v) is 6.53. The molecule has 3 nitrogen and oxygen atoms in total. The number of carbonyl (C=O) groups excluding carboxylic acids is 1. The molecule has 0 aromatic heterocycles. The third kappa shape index (κ3) is 4.98. The third-order valence-electron chi connectivity index (χ3n) is 2.64. The van der Waals surface area contributed by atoms with Crippen molar-refractivity contribution in [3.8, 4) is 5.75 Å². The zero-order valence-electron chi connectivity index (χ0n) is 11.2. The Bertz CT molecular complexity index is 550. The minimum absolute atomic E-state index is 0.120. The lowest BCUT2D eigenvalue weighted by atomic mass is 10.2. The summed E-state index contributed by atoms with van der Waals surface area (Å²) in [6.45, 7) is 0.932. The number of nitrogens with one attached hydrogen (secondary N) is 1. The van der Waals surface area contributed by atoms with Crippen molar-refractivity contribution < 1.29 is 9.53 Å². The first kappa shape index (κ1) is 13.9. The van der Waals surface area contributed by atoms with E-state index in [0.29, 0.717) is 13.2 Å². The van der Waals surface area contributed by atoms with E-state index in [2.05, 4.69) is 5.32 Å². The third-order valence-corrected chi connectivity index (χ3v) is 2.64. The van der Waals surface area contributed by atoms with Gasteiger partial charge in [-0.2, -0.15) is 0 Å². The average Bonchev–Trinajstić information content (AvgIpc) is 2.52. The van der Waals surface area contributed by atoms with Gasteiger partial charge in [-0.05, 0) is 23.8 Å². The first-order chi connectivity index (χ1) is 9.84. The highest BCUT2D eigenvalue weighted by Gasteiger charge is 1.95. The predicted molar refractivity (Wildman–Crippen MR) is 80.4 cm³/mol. The lowest BCUT2D eigenvalue weighted by Crippen LogP contribution is -2.26. The highest BCUT2D eigenvalue weighted by molar-refractivity contribution is 5.91. The summed E-state index contributed by atoms with van der Waals surface area (Å²) >= 11 is 0. The topological polar surface area (TPSA) is 38.3 Å². The maximum Gasteiger partial charge on any atom is 0.244 e. The minimum atomic E-state index is -0.120. The molecule has 2 aromatic rings. The molecule has 102 valence electrons. The van der Waals surface area contributed by atoms with Crippen LogP contribution in [0.1, 0.15) is 5.56 Å². The molecule has 2 rings (SSSR count). The second kappa shape index (κ2) is 7.79. The fraction of sp³-hybridized carbons (Fsp3) is 0.118. The number of ether oxygens (including phenoxy) is 1. The SMILES string of the molecule is O=C(/C=C/c1ccccc1)NCCOc1ccccc1. The zero-order chi connectivity index (χ0) is 14.0. The van der Waals surface area contributed by atoms with E-state index < -0.39 is 0 Å². The van der Waals surface area contributed by atoms with Crippen LogP contribution in [0.2, 0.25) is 0 Å². The molecule has 0 aliphatic rings. The summed E-state index contributed by atoms with van der Waals surface area (Å²) in [6.07, 6.45) is 3.31. The van der Waals surface area contributed by atoms with Gasteiger partial charge >= 0.3 is 0 Å². The minimum Gasteiger partial charge on any atom is -0.492 e. The van der Waals surface area contributed by atoms with E-state index in [0.717, 1.165) is 11.3 Å². The highest BCUT2D eigenvalue weighted by atomic mass is 16.5. The maximum absolute atomic E-state index is 11.6. The summed E-state index contributed by atoms with van der Waals surface area (Å²) in [5, 5.41) is 2.77. The van der Waals surface area contributed by atoms with Crippen molar-refractivity contribution in [3.63, 3.8) is 0 Å². The summed E-state index contributed by atoms with van der Waals surface area (Å²) in [5.74, 6) is 0.687. The molecule has 0 aliphatic carbocycles. The average molecular weight is 267 g/mol. The number of hydrogen-bond acceptors (Lipinski definition) is 2. The quantitative estimate of drug-likeness (QED) is 0.645. The Morgan fingerprint density at radius 3 is 2.35 bits per heavy atom. The van der Waals surface area contributed by atoms with E-state index in [-0.39, 0.29) is 5.91 Å². The van der Waals surface area contributed by atoms with Crippen LogP contribution in [0.15, 0.2) is 66.7 Å². The number of amides is 1. The monoisotopic (exact) mass is 267 g/mol. The molecule has 0 spiro atoms. The summed E-state index contributed by atoms with van der Waals surface area (Å²) in [6, 6.07) is 19.2. The second-order valence-electron chi connectivity index (χ2n) is 4.20. The van der Waals surface area contributed by atoms with Gasteiger partial charge in [-0.25, -0.2) is 0 Å². The van der Waals surface area contributed by atoms with Crippen LogP contribution >= 0.6 is 0 Å². The normalized spacial score (nSPS) is 10.4. The Balaban J connectivity index is 1.67. The number of carbonyl (C=O) groups is 1. The van der Waals surface area contributed by atoms with Crippen LogP contribution in [0.5, 0.6) is 5.75 Å². The molecule has 1 amide bonds. The lowest BCUT2D eigenvalue weighted by Gasteiger charge is -2.05. The number of para-hydroxylation sites is 1. The highest BCUT2D eigenvalue weighted by Crippen LogP contribution is 2.07. The van der Waals surface area contributed by atoms with Gasteiger partial charge in [-0.15, -0.1) is 0 Å². The summed E-state index contributed by atoms with van der Waals surface area (Å²) in [4.78, 5) is 11.6. The van der Waals surface area contributed by atoms with Crippen molar-refractivity contribution >= 4 is 12.0 Å². The molecule has 1 N–H and O–H groups in total. The molecule has 0 heterocycles. The van der Waals surface area contributed by atoms with E-state index in [1.165, 1.54) is 6.08 Å². The molecular formula is C17H17NO2. The van der Waals surface area contributed by atoms with Crippen LogP contribution in [0, 0.1) is 0 Å². The molecule has 0 unspecified atom stereocenters. The fourth-order valence-electron chi connectivity index (χ4n) is 1.65. The molecule has 20 heavy (non-hydrogen) atoms. The molecule has 0 saturated carbocycles. The van der Waals surface area contributed by atoms with Crippen molar-refractivity contribution in [1.29, 1.82) is 0 Å². The molecule has 0 bridgehead atoms. The van der Waals surface area contributed by atoms with E-state index in [4.69, 9.17) is 4.74 Å². The predicted octanol–water partition coefficient (Wildman–Crippen LogP) is 2.90. The Hall–Kier alpha value is -2.55. The van der Waals surface area contributed by atoms with Gasteiger partial charge in [0.25, 0.3) is 0 Å². The van der Waals surface area contributed by atoms with Crippen molar-refractivity contribution in [2.45, 2.75) is 0 Å². The van der Waals surface area contributed by atoms with E-state index in [1.807, 2.05) is 60.7 Å². The van der Waals surface area contributed by atoms with Gasteiger partial charge in [-0.3, -0.25) is 4.79 Å². The molecule has 2 aromatic carbocycles. The van der Waals surface area contributed by atoms with Gasteiger partial charge in [0, 0.05) is 6.08 Å². The molecule has 0 saturated heterocycles. The standard InChI is InChI=1S/C17H17NO2/c19-17(12-11-15-7-3-1-4-8-15)18-13-14-20-16-9-5-2-6-10-16/h1-12H,13-14H2,(H,18,19)/b12-11+. The second-order valence-corrected chi connectivity index (χ2v) is 4.20. The maximum atomic E-state index is 11.6. The fourth-order valence-corrected chi connectivity index (χ4v) is 1.65. The Labute approximate surface area is 118 Å². The smallest absolute Gasteiger partial charge is 0.244 e. The van der Waals surface area contributed by atoms with Gasteiger partial charge in [0.1, 0.15) is 12.4 Å². The first-order valence-electron chi connectivity index (χ1n) is 6.53. The summed E-state index contributed by atoms with van der Waals surface area (Å²) < 4.78 is 5.48. The Morgan fingerprint density at radius 1 is 1.00 bits per heavy atom. The van der Waals surface area contributed by atoms with Gasteiger partial charge < -0.3 is 10.1 Å².